The van der Waals surface area contributed by atoms with E-state index in [4.69, 9.17) is 27.9 Å². The molecule has 19 heavy (non-hydrogen) atoms. The van der Waals surface area contributed by atoms with Gasteiger partial charge in [-0.15, -0.1) is 0 Å². The van der Waals surface area contributed by atoms with Gasteiger partial charge in [0.2, 0.25) is 0 Å². The molecule has 106 valence electrons. The fourth-order valence-electron chi connectivity index (χ4n) is 1.60. The SMILES string of the molecule is CCCNCc1cc(Cl)cc(Cl)c1OCC=C(C)C. The summed E-state index contributed by atoms with van der Waals surface area (Å²) in [5.74, 6) is 0.715. The maximum atomic E-state index is 6.20. The molecule has 0 saturated heterocycles. The third kappa shape index (κ3) is 5.85. The molecule has 1 rings (SSSR count). The van der Waals surface area contributed by atoms with E-state index in [1.807, 2.05) is 26.0 Å². The molecule has 0 atom stereocenters. The quantitative estimate of drug-likeness (QED) is 0.575. The van der Waals surface area contributed by atoms with Crippen LogP contribution in [0.4, 0.5) is 0 Å². The lowest BCUT2D eigenvalue weighted by molar-refractivity contribution is 0.357. The normalized spacial score (nSPS) is 10.4. The number of rotatable bonds is 7. The summed E-state index contributed by atoms with van der Waals surface area (Å²) in [5, 5.41) is 4.52. The monoisotopic (exact) mass is 301 g/mol. The Morgan fingerprint density at radius 2 is 2.05 bits per heavy atom. The minimum absolute atomic E-state index is 0.518. The topological polar surface area (TPSA) is 21.3 Å². The van der Waals surface area contributed by atoms with E-state index in [9.17, 15) is 0 Å². The van der Waals surface area contributed by atoms with E-state index in [-0.39, 0.29) is 0 Å². The third-order valence-corrected chi connectivity index (χ3v) is 3.05. The highest BCUT2D eigenvalue weighted by Crippen LogP contribution is 2.32. The highest BCUT2D eigenvalue weighted by molar-refractivity contribution is 6.35. The van der Waals surface area contributed by atoms with Crippen molar-refractivity contribution in [1.82, 2.24) is 5.32 Å². The number of ether oxygens (including phenoxy) is 1. The zero-order chi connectivity index (χ0) is 14.3. The molecule has 4 heteroatoms. The lowest BCUT2D eigenvalue weighted by atomic mass is 10.2. The molecular formula is C15H21Cl2NO. The first kappa shape index (κ1) is 16.4. The van der Waals surface area contributed by atoms with Gasteiger partial charge < -0.3 is 10.1 Å². The van der Waals surface area contributed by atoms with Gasteiger partial charge in [-0.2, -0.15) is 0 Å². The van der Waals surface area contributed by atoms with Gasteiger partial charge in [-0.05, 0) is 45.0 Å². The summed E-state index contributed by atoms with van der Waals surface area (Å²) in [6, 6.07) is 3.61. The summed E-state index contributed by atoms with van der Waals surface area (Å²) >= 11 is 12.2. The summed E-state index contributed by atoms with van der Waals surface area (Å²) in [6.07, 6.45) is 3.11. The minimum Gasteiger partial charge on any atom is -0.488 e. The van der Waals surface area contributed by atoms with E-state index in [1.165, 1.54) is 5.57 Å². The molecule has 0 radical (unpaired) electrons. The van der Waals surface area contributed by atoms with Gasteiger partial charge in [0.25, 0.3) is 0 Å². The molecule has 0 spiro atoms. The first-order valence-electron chi connectivity index (χ1n) is 6.49. The van der Waals surface area contributed by atoms with Crippen molar-refractivity contribution in [2.75, 3.05) is 13.2 Å². The zero-order valence-corrected chi connectivity index (χ0v) is 13.2. The van der Waals surface area contributed by atoms with Crippen molar-refractivity contribution in [3.8, 4) is 5.75 Å². The van der Waals surface area contributed by atoms with Crippen LogP contribution in [0.5, 0.6) is 5.75 Å². The van der Waals surface area contributed by atoms with Crippen LogP contribution in [0, 0.1) is 0 Å². The molecule has 0 unspecified atom stereocenters. The largest absolute Gasteiger partial charge is 0.488 e. The average molecular weight is 302 g/mol. The second kappa shape index (κ2) is 8.47. The van der Waals surface area contributed by atoms with Crippen molar-refractivity contribution in [1.29, 1.82) is 0 Å². The third-order valence-electron chi connectivity index (χ3n) is 2.55. The van der Waals surface area contributed by atoms with Gasteiger partial charge in [0.1, 0.15) is 12.4 Å². The van der Waals surface area contributed by atoms with Crippen LogP contribution in [-0.2, 0) is 6.54 Å². The van der Waals surface area contributed by atoms with Crippen molar-refractivity contribution >= 4 is 23.2 Å². The van der Waals surface area contributed by atoms with Gasteiger partial charge >= 0.3 is 0 Å². The highest BCUT2D eigenvalue weighted by atomic mass is 35.5. The Labute approximate surface area is 125 Å². The van der Waals surface area contributed by atoms with Crippen LogP contribution in [0.25, 0.3) is 0 Å². The van der Waals surface area contributed by atoms with Gasteiger partial charge in [0.05, 0.1) is 5.02 Å². The maximum Gasteiger partial charge on any atom is 0.142 e. The summed E-state index contributed by atoms with van der Waals surface area (Å²) in [7, 11) is 0. The van der Waals surface area contributed by atoms with Crippen LogP contribution in [0.3, 0.4) is 0 Å². The molecule has 0 aliphatic rings. The molecule has 1 aromatic rings. The average Bonchev–Trinajstić information content (AvgIpc) is 2.32. The second-order valence-electron chi connectivity index (χ2n) is 4.65. The number of nitrogens with one attached hydrogen (secondary N) is 1. The molecule has 0 aromatic heterocycles. The first-order chi connectivity index (χ1) is 9.04. The molecule has 0 aliphatic carbocycles. The standard InChI is InChI=1S/C15H21Cl2NO/c1-4-6-18-10-12-8-13(16)9-14(17)15(12)19-7-5-11(2)3/h5,8-9,18H,4,6-7,10H2,1-3H3. The van der Waals surface area contributed by atoms with Crippen molar-refractivity contribution in [2.24, 2.45) is 0 Å². The Hall–Kier alpha value is -0.700. The fraction of sp³-hybridized carbons (Fsp3) is 0.467. The maximum absolute atomic E-state index is 6.20. The predicted octanol–water partition coefficient (Wildman–Crippen LogP) is 4.84. The van der Waals surface area contributed by atoms with Crippen LogP contribution in [-0.4, -0.2) is 13.2 Å². The number of allylic oxidation sites excluding steroid dienone is 1. The van der Waals surface area contributed by atoms with Crippen LogP contribution < -0.4 is 10.1 Å². The Balaban J connectivity index is 2.83. The van der Waals surface area contributed by atoms with Gasteiger partial charge in [-0.25, -0.2) is 0 Å². The smallest absolute Gasteiger partial charge is 0.142 e. The highest BCUT2D eigenvalue weighted by Gasteiger charge is 2.10. The van der Waals surface area contributed by atoms with Crippen LogP contribution in [0.1, 0.15) is 32.8 Å². The lowest BCUT2D eigenvalue weighted by Gasteiger charge is -2.13. The molecular weight excluding hydrogens is 281 g/mol. The number of hydrogen-bond donors (Lipinski definition) is 1. The zero-order valence-electron chi connectivity index (χ0n) is 11.7. The summed E-state index contributed by atoms with van der Waals surface area (Å²) in [6.45, 7) is 8.39. The molecule has 0 heterocycles. The van der Waals surface area contributed by atoms with Crippen molar-refractivity contribution < 1.29 is 4.74 Å². The lowest BCUT2D eigenvalue weighted by Crippen LogP contribution is -2.15. The molecule has 0 fully saturated rings. The Morgan fingerprint density at radius 1 is 1.32 bits per heavy atom. The van der Waals surface area contributed by atoms with E-state index in [0.717, 1.165) is 18.5 Å². The van der Waals surface area contributed by atoms with Crippen molar-refractivity contribution in [3.63, 3.8) is 0 Å². The fourth-order valence-corrected chi connectivity index (χ4v) is 2.19. The summed E-state index contributed by atoms with van der Waals surface area (Å²) in [5.41, 5.74) is 2.21. The van der Waals surface area contributed by atoms with Crippen LogP contribution >= 0.6 is 23.2 Å². The minimum atomic E-state index is 0.518. The van der Waals surface area contributed by atoms with Crippen LogP contribution in [0.15, 0.2) is 23.8 Å². The van der Waals surface area contributed by atoms with Crippen LogP contribution in [0.2, 0.25) is 10.0 Å². The molecule has 0 bridgehead atoms. The van der Waals surface area contributed by atoms with E-state index in [1.54, 1.807) is 6.07 Å². The van der Waals surface area contributed by atoms with E-state index in [0.29, 0.717) is 28.9 Å². The van der Waals surface area contributed by atoms with E-state index in [2.05, 4.69) is 12.2 Å². The first-order valence-corrected chi connectivity index (χ1v) is 7.25. The Morgan fingerprint density at radius 3 is 2.68 bits per heavy atom. The van der Waals surface area contributed by atoms with Gasteiger partial charge in [-0.1, -0.05) is 35.7 Å². The second-order valence-corrected chi connectivity index (χ2v) is 5.49. The summed E-state index contributed by atoms with van der Waals surface area (Å²) < 4.78 is 5.76. The van der Waals surface area contributed by atoms with Crippen molar-refractivity contribution in [3.05, 3.63) is 39.4 Å². The molecule has 2 nitrogen and oxygen atoms in total. The molecule has 0 amide bonds. The molecule has 1 N–H and O–H groups in total. The molecule has 0 saturated carbocycles. The predicted molar refractivity (Wildman–Crippen MR) is 83.4 cm³/mol. The Kier molecular flexibility index (Phi) is 7.29. The van der Waals surface area contributed by atoms with Gasteiger partial charge in [0.15, 0.2) is 0 Å². The number of halogens is 2. The van der Waals surface area contributed by atoms with E-state index >= 15 is 0 Å². The van der Waals surface area contributed by atoms with E-state index < -0.39 is 0 Å². The number of hydrogen-bond acceptors (Lipinski definition) is 2. The molecule has 0 aliphatic heterocycles. The number of benzene rings is 1. The summed E-state index contributed by atoms with van der Waals surface area (Å²) in [4.78, 5) is 0. The Bertz CT molecular complexity index is 440. The molecule has 1 aromatic carbocycles. The van der Waals surface area contributed by atoms with Crippen molar-refractivity contribution in [2.45, 2.75) is 33.7 Å². The van der Waals surface area contributed by atoms with Gasteiger partial charge in [0, 0.05) is 17.1 Å². The van der Waals surface area contributed by atoms with Gasteiger partial charge in [-0.3, -0.25) is 0 Å².